The first-order valence-electron chi connectivity index (χ1n) is 10.8. The quantitative estimate of drug-likeness (QED) is 0.120. The summed E-state index contributed by atoms with van der Waals surface area (Å²) in [6.07, 6.45) is 1.17. The maximum Gasteiger partial charge on any atom is 0.155 e. The van der Waals surface area contributed by atoms with Crippen molar-refractivity contribution in [3.8, 4) is 11.3 Å². The van der Waals surface area contributed by atoms with Gasteiger partial charge in [-0.2, -0.15) is 0 Å². The fraction of sp³-hybridized carbons (Fsp3) is 0.172. The predicted molar refractivity (Wildman–Crippen MR) is 140 cm³/mol. The van der Waals surface area contributed by atoms with Crippen LogP contribution < -0.4 is 0 Å². The number of pyridine rings is 1. The van der Waals surface area contributed by atoms with Crippen molar-refractivity contribution in [1.82, 2.24) is 4.98 Å². The van der Waals surface area contributed by atoms with Crippen molar-refractivity contribution in [3.63, 3.8) is 0 Å². The summed E-state index contributed by atoms with van der Waals surface area (Å²) in [5.41, 5.74) is 6.98. The number of carbonyl (C=O) groups is 1. The summed E-state index contributed by atoms with van der Waals surface area (Å²) < 4.78 is 2.56. The molecule has 0 amide bonds. The van der Waals surface area contributed by atoms with E-state index in [1.165, 1.54) is 62.2 Å². The van der Waals surface area contributed by atoms with Crippen molar-refractivity contribution in [2.75, 3.05) is 0 Å². The van der Waals surface area contributed by atoms with E-state index in [0.29, 0.717) is 0 Å². The zero-order valence-electron chi connectivity index (χ0n) is 19.8. The summed E-state index contributed by atoms with van der Waals surface area (Å²) in [5.74, 6) is -0.0625. The zero-order valence-corrected chi connectivity index (χ0v) is 23.0. The van der Waals surface area contributed by atoms with Crippen LogP contribution in [0.25, 0.3) is 42.3 Å². The molecule has 0 aliphatic heterocycles. The van der Waals surface area contributed by atoms with Crippen LogP contribution in [0.15, 0.2) is 66.4 Å². The Balaban J connectivity index is 0.000000357. The Morgan fingerprint density at radius 2 is 1.65 bits per heavy atom. The molecule has 3 nitrogen and oxygen atoms in total. The van der Waals surface area contributed by atoms with Crippen molar-refractivity contribution in [1.29, 1.82) is 0 Å². The zero-order chi connectivity index (χ0) is 23.7. The molecule has 5 rings (SSSR count). The minimum absolute atomic E-state index is 0. The Morgan fingerprint density at radius 3 is 2.26 bits per heavy atom. The van der Waals surface area contributed by atoms with Gasteiger partial charge in [0.2, 0.25) is 0 Å². The number of aryl methyl sites for hydroxylation is 2. The van der Waals surface area contributed by atoms with E-state index < -0.39 is 0 Å². The summed E-state index contributed by atoms with van der Waals surface area (Å²) in [6.45, 7) is 9.31. The van der Waals surface area contributed by atoms with Gasteiger partial charge in [-0.15, -0.1) is 45.7 Å². The second-order valence-corrected chi connectivity index (χ2v) is 9.34. The van der Waals surface area contributed by atoms with E-state index in [4.69, 9.17) is 10.1 Å². The topological polar surface area (TPSA) is 50.2 Å². The number of benzene rings is 3. The second-order valence-electron chi connectivity index (χ2n) is 8.29. The van der Waals surface area contributed by atoms with Crippen molar-refractivity contribution in [2.24, 2.45) is 0 Å². The first-order valence-corrected chi connectivity index (χ1v) is 11.7. The number of allylic oxidation sites excluding steroid dienone is 2. The third kappa shape index (κ3) is 5.12. The van der Waals surface area contributed by atoms with E-state index in [1.807, 2.05) is 11.3 Å². The van der Waals surface area contributed by atoms with Crippen LogP contribution in [0.1, 0.15) is 30.5 Å². The third-order valence-corrected chi connectivity index (χ3v) is 6.90. The SMILES string of the molecule is CC(=O)/C=C(/C)O.Cc1[c-]c(-c2nc3ccccc3c3c2sc2ccccc23)cc(C)c1C.[Ir]. The van der Waals surface area contributed by atoms with Crippen LogP contribution in [0.2, 0.25) is 0 Å². The number of aliphatic hydroxyl groups is 1. The third-order valence-electron chi connectivity index (χ3n) is 5.72. The van der Waals surface area contributed by atoms with E-state index in [0.717, 1.165) is 16.8 Å². The standard InChI is InChI=1S/C24H18NS.C5H8O2.Ir/c1-14-12-17(13-15(2)16(14)3)23-24-22(18-8-4-6-10-20(18)25-23)19-9-5-7-11-21(19)26-24;1-4(6)3-5(2)7;/h4-12H,1-3H3;3,6H,1-2H3;/q-1;;/b;4-3-;. The van der Waals surface area contributed by atoms with E-state index >= 15 is 0 Å². The molecule has 0 aliphatic rings. The van der Waals surface area contributed by atoms with Crippen LogP contribution in [0.3, 0.4) is 0 Å². The monoisotopic (exact) mass is 645 g/mol. The van der Waals surface area contributed by atoms with E-state index in [2.05, 4.69) is 81.4 Å². The van der Waals surface area contributed by atoms with Crippen LogP contribution in [0.4, 0.5) is 0 Å². The van der Waals surface area contributed by atoms with Gasteiger partial charge in [0.1, 0.15) is 0 Å². The minimum atomic E-state index is -0.125. The van der Waals surface area contributed by atoms with Crippen LogP contribution in [-0.2, 0) is 24.9 Å². The van der Waals surface area contributed by atoms with Crippen LogP contribution in [0.5, 0.6) is 0 Å². The molecule has 0 saturated heterocycles. The molecule has 3 aromatic carbocycles. The molecule has 0 fully saturated rings. The minimum Gasteiger partial charge on any atom is -0.512 e. The first-order chi connectivity index (χ1) is 15.8. The number of ketones is 1. The fourth-order valence-corrected chi connectivity index (χ4v) is 5.21. The Bertz CT molecular complexity index is 1520. The number of para-hydroxylation sites is 1. The summed E-state index contributed by atoms with van der Waals surface area (Å²) in [4.78, 5) is 15.1. The van der Waals surface area contributed by atoms with Gasteiger partial charge in [0.05, 0.1) is 11.3 Å². The van der Waals surface area contributed by atoms with Crippen molar-refractivity contribution < 1.29 is 30.0 Å². The van der Waals surface area contributed by atoms with Gasteiger partial charge in [-0.05, 0) is 26.0 Å². The molecule has 2 aromatic heterocycles. The van der Waals surface area contributed by atoms with Gasteiger partial charge in [-0.1, -0.05) is 57.2 Å². The maximum absolute atomic E-state index is 10.0. The van der Waals surface area contributed by atoms with E-state index in [-0.39, 0.29) is 31.6 Å². The number of hydrogen-bond donors (Lipinski definition) is 1. The Hall–Kier alpha value is -2.85. The molecule has 0 aliphatic carbocycles. The van der Waals surface area contributed by atoms with Gasteiger partial charge in [0.15, 0.2) is 5.78 Å². The average Bonchev–Trinajstić information content (AvgIpc) is 3.16. The first kappa shape index (κ1) is 25.8. The number of fused-ring (bicyclic) bond motifs is 5. The predicted octanol–water partition coefficient (Wildman–Crippen LogP) is 8.03. The molecule has 34 heavy (non-hydrogen) atoms. The average molecular weight is 645 g/mol. The molecule has 2 heterocycles. The molecule has 0 saturated carbocycles. The molecule has 0 spiro atoms. The number of rotatable bonds is 2. The molecule has 5 heteroatoms. The van der Waals surface area contributed by atoms with E-state index in [9.17, 15) is 4.79 Å². The molecule has 0 unspecified atom stereocenters. The maximum atomic E-state index is 10.0. The van der Waals surface area contributed by atoms with Gasteiger partial charge < -0.3 is 5.11 Å². The van der Waals surface area contributed by atoms with Crippen LogP contribution >= 0.6 is 11.3 Å². The number of aromatic nitrogens is 1. The second kappa shape index (κ2) is 10.6. The summed E-state index contributed by atoms with van der Waals surface area (Å²) >= 11 is 1.83. The van der Waals surface area contributed by atoms with Crippen molar-refractivity contribution in [2.45, 2.75) is 34.6 Å². The van der Waals surface area contributed by atoms with Gasteiger partial charge in [0.25, 0.3) is 0 Å². The molecule has 1 N–H and O–H groups in total. The Morgan fingerprint density at radius 1 is 1.00 bits per heavy atom. The summed E-state index contributed by atoms with van der Waals surface area (Å²) in [5, 5.41) is 12.2. The largest absolute Gasteiger partial charge is 0.512 e. The van der Waals surface area contributed by atoms with Crippen LogP contribution in [0, 0.1) is 26.8 Å². The molecular weight excluding hydrogens is 619 g/mol. The van der Waals surface area contributed by atoms with Gasteiger partial charge in [-0.25, -0.2) is 0 Å². The van der Waals surface area contributed by atoms with Gasteiger partial charge >= 0.3 is 0 Å². The molecular formula is C29H26IrNO2S-. The number of aliphatic hydroxyl groups excluding tert-OH is 1. The Labute approximate surface area is 217 Å². The van der Waals surface area contributed by atoms with Gasteiger partial charge in [0, 0.05) is 57.4 Å². The summed E-state index contributed by atoms with van der Waals surface area (Å²) in [7, 11) is 0. The number of carbonyl (C=O) groups excluding carboxylic acids is 1. The fourth-order valence-electron chi connectivity index (χ4n) is 3.99. The van der Waals surface area contributed by atoms with Gasteiger partial charge in [-0.3, -0.25) is 9.78 Å². The number of thiophene rings is 1. The number of hydrogen-bond acceptors (Lipinski definition) is 4. The Kier molecular flexibility index (Phi) is 8.04. The van der Waals surface area contributed by atoms with Crippen molar-refractivity contribution >= 4 is 48.2 Å². The molecule has 0 atom stereocenters. The molecule has 1 radical (unpaired) electrons. The smallest absolute Gasteiger partial charge is 0.155 e. The van der Waals surface area contributed by atoms with Crippen molar-refractivity contribution in [3.05, 3.63) is 89.2 Å². The van der Waals surface area contributed by atoms with Crippen LogP contribution in [-0.4, -0.2) is 15.9 Å². The molecule has 5 aromatic rings. The summed E-state index contributed by atoms with van der Waals surface area (Å²) in [6, 6.07) is 22.9. The van der Waals surface area contributed by atoms with E-state index in [1.54, 1.807) is 0 Å². The normalized spacial score (nSPS) is 11.3. The molecule has 175 valence electrons. The molecule has 0 bridgehead atoms. The number of nitrogens with zero attached hydrogens (tertiary/aromatic N) is 1.